The molecular weight excluding hydrogens is 222 g/mol. The molecule has 3 atom stereocenters. The van der Waals surface area contributed by atoms with E-state index in [9.17, 15) is 0 Å². The van der Waals surface area contributed by atoms with Crippen molar-refractivity contribution in [2.75, 3.05) is 0 Å². The molecule has 1 aromatic rings. The van der Waals surface area contributed by atoms with Gasteiger partial charge in [0.1, 0.15) is 0 Å². The van der Waals surface area contributed by atoms with Gasteiger partial charge in [0.25, 0.3) is 0 Å². The fraction of sp³-hybridized carbons (Fsp3) is 0.800. The van der Waals surface area contributed by atoms with E-state index in [1.54, 1.807) is 0 Å². The molecular formula is C15H27N3. The highest BCUT2D eigenvalue weighted by Gasteiger charge is 2.27. The van der Waals surface area contributed by atoms with Gasteiger partial charge in [-0.05, 0) is 50.0 Å². The molecule has 1 aliphatic rings. The van der Waals surface area contributed by atoms with Gasteiger partial charge in [-0.3, -0.25) is 4.68 Å². The lowest BCUT2D eigenvalue weighted by atomic mass is 9.75. The number of hydrogen-bond acceptors (Lipinski definition) is 2. The maximum Gasteiger partial charge on any atom is 0.0492 e. The first-order valence-corrected chi connectivity index (χ1v) is 7.43. The number of aryl methyl sites for hydroxylation is 2. The number of rotatable bonds is 5. The van der Waals surface area contributed by atoms with E-state index in [0.717, 1.165) is 12.3 Å². The van der Waals surface area contributed by atoms with E-state index in [0.29, 0.717) is 12.0 Å². The third-order valence-corrected chi connectivity index (χ3v) is 4.54. The summed E-state index contributed by atoms with van der Waals surface area (Å²) in [5.74, 6) is 1.64. The molecule has 0 radical (unpaired) electrons. The molecule has 0 spiro atoms. The summed E-state index contributed by atoms with van der Waals surface area (Å²) in [6.07, 6.45) is 10.8. The lowest BCUT2D eigenvalue weighted by molar-refractivity contribution is 0.212. The SMILES string of the molecule is CCCC1CCC(N)C(CCc2ccnn2C)C1. The fourth-order valence-electron chi connectivity index (χ4n) is 3.37. The zero-order chi connectivity index (χ0) is 13.0. The first kappa shape index (κ1) is 13.6. The third-order valence-electron chi connectivity index (χ3n) is 4.54. The molecule has 2 N–H and O–H groups in total. The van der Waals surface area contributed by atoms with Crippen LogP contribution in [-0.2, 0) is 13.5 Å². The Bertz CT molecular complexity index is 358. The monoisotopic (exact) mass is 249 g/mol. The summed E-state index contributed by atoms with van der Waals surface area (Å²) in [4.78, 5) is 0. The van der Waals surface area contributed by atoms with E-state index in [-0.39, 0.29) is 0 Å². The highest BCUT2D eigenvalue weighted by molar-refractivity contribution is 5.00. The van der Waals surface area contributed by atoms with Crippen molar-refractivity contribution in [1.82, 2.24) is 9.78 Å². The van der Waals surface area contributed by atoms with Gasteiger partial charge in [-0.25, -0.2) is 0 Å². The summed E-state index contributed by atoms with van der Waals surface area (Å²) in [7, 11) is 2.02. The van der Waals surface area contributed by atoms with Gasteiger partial charge in [0.2, 0.25) is 0 Å². The maximum atomic E-state index is 6.29. The van der Waals surface area contributed by atoms with E-state index < -0.39 is 0 Å². The Morgan fingerprint density at radius 1 is 1.39 bits per heavy atom. The topological polar surface area (TPSA) is 43.8 Å². The van der Waals surface area contributed by atoms with Gasteiger partial charge in [-0.2, -0.15) is 5.10 Å². The Hall–Kier alpha value is -0.830. The van der Waals surface area contributed by atoms with Crippen LogP contribution in [0.5, 0.6) is 0 Å². The summed E-state index contributed by atoms with van der Waals surface area (Å²) in [5.41, 5.74) is 7.63. The van der Waals surface area contributed by atoms with Crippen molar-refractivity contribution < 1.29 is 0 Å². The van der Waals surface area contributed by atoms with Gasteiger partial charge in [-0.1, -0.05) is 19.8 Å². The molecule has 0 aliphatic heterocycles. The van der Waals surface area contributed by atoms with Crippen LogP contribution in [0.4, 0.5) is 0 Å². The van der Waals surface area contributed by atoms with Crippen molar-refractivity contribution in [2.45, 2.75) is 57.9 Å². The van der Waals surface area contributed by atoms with Crippen molar-refractivity contribution in [3.05, 3.63) is 18.0 Å². The Kier molecular flexibility index (Phi) is 4.81. The Morgan fingerprint density at radius 2 is 2.22 bits per heavy atom. The molecule has 18 heavy (non-hydrogen) atoms. The second kappa shape index (κ2) is 6.37. The molecule has 1 saturated carbocycles. The molecule has 102 valence electrons. The summed E-state index contributed by atoms with van der Waals surface area (Å²) in [6.45, 7) is 2.29. The normalized spacial score (nSPS) is 28.5. The molecule has 3 nitrogen and oxygen atoms in total. The Balaban J connectivity index is 1.85. The lowest BCUT2D eigenvalue weighted by Crippen LogP contribution is -2.36. The van der Waals surface area contributed by atoms with Crippen LogP contribution in [-0.4, -0.2) is 15.8 Å². The first-order chi connectivity index (χ1) is 8.70. The molecule has 3 heteroatoms. The Morgan fingerprint density at radius 3 is 2.89 bits per heavy atom. The number of nitrogens with two attached hydrogens (primary N) is 1. The number of hydrogen-bond donors (Lipinski definition) is 1. The van der Waals surface area contributed by atoms with Crippen LogP contribution in [0.1, 0.15) is 51.1 Å². The smallest absolute Gasteiger partial charge is 0.0492 e. The molecule has 1 aliphatic carbocycles. The van der Waals surface area contributed by atoms with E-state index in [2.05, 4.69) is 18.1 Å². The summed E-state index contributed by atoms with van der Waals surface area (Å²) in [5, 5.41) is 4.23. The van der Waals surface area contributed by atoms with Gasteiger partial charge >= 0.3 is 0 Å². The molecule has 1 fully saturated rings. The lowest BCUT2D eigenvalue weighted by Gasteiger charge is -2.34. The summed E-state index contributed by atoms with van der Waals surface area (Å²) < 4.78 is 1.98. The molecule has 0 aromatic carbocycles. The first-order valence-electron chi connectivity index (χ1n) is 7.43. The van der Waals surface area contributed by atoms with Crippen LogP contribution in [0.25, 0.3) is 0 Å². The van der Waals surface area contributed by atoms with Gasteiger partial charge in [0.15, 0.2) is 0 Å². The highest BCUT2D eigenvalue weighted by atomic mass is 15.2. The average molecular weight is 249 g/mol. The van der Waals surface area contributed by atoms with Crippen LogP contribution in [0, 0.1) is 11.8 Å². The molecule has 1 heterocycles. The minimum atomic E-state index is 0.423. The van der Waals surface area contributed by atoms with Crippen LogP contribution in [0.2, 0.25) is 0 Å². The maximum absolute atomic E-state index is 6.29. The van der Waals surface area contributed by atoms with Crippen LogP contribution in [0.3, 0.4) is 0 Å². The van der Waals surface area contributed by atoms with Crippen molar-refractivity contribution in [1.29, 1.82) is 0 Å². The quantitative estimate of drug-likeness (QED) is 0.872. The molecule has 1 aromatic heterocycles. The standard InChI is InChI=1S/C15H27N3/c1-3-4-12-5-8-15(16)13(11-12)6-7-14-9-10-17-18(14)2/h9-10,12-13,15H,3-8,11,16H2,1-2H3. The predicted octanol–water partition coefficient (Wildman–Crippen LogP) is 2.90. The molecule has 2 rings (SSSR count). The predicted molar refractivity (Wildman–Crippen MR) is 75.2 cm³/mol. The van der Waals surface area contributed by atoms with Gasteiger partial charge in [0, 0.05) is 25.0 Å². The third kappa shape index (κ3) is 3.35. The largest absolute Gasteiger partial charge is 0.327 e. The zero-order valence-electron chi connectivity index (χ0n) is 11.8. The van der Waals surface area contributed by atoms with Crippen molar-refractivity contribution in [2.24, 2.45) is 24.6 Å². The number of nitrogens with zero attached hydrogens (tertiary/aromatic N) is 2. The minimum Gasteiger partial charge on any atom is -0.327 e. The van der Waals surface area contributed by atoms with Gasteiger partial charge in [0.05, 0.1) is 0 Å². The van der Waals surface area contributed by atoms with E-state index in [4.69, 9.17) is 5.73 Å². The van der Waals surface area contributed by atoms with E-state index >= 15 is 0 Å². The van der Waals surface area contributed by atoms with Gasteiger partial charge < -0.3 is 5.73 Å². The van der Waals surface area contributed by atoms with Crippen LogP contribution >= 0.6 is 0 Å². The van der Waals surface area contributed by atoms with Gasteiger partial charge in [-0.15, -0.1) is 0 Å². The van der Waals surface area contributed by atoms with Crippen LogP contribution in [0.15, 0.2) is 12.3 Å². The van der Waals surface area contributed by atoms with Crippen molar-refractivity contribution in [3.63, 3.8) is 0 Å². The highest BCUT2D eigenvalue weighted by Crippen LogP contribution is 2.33. The van der Waals surface area contributed by atoms with E-state index in [1.807, 2.05) is 17.9 Å². The summed E-state index contributed by atoms with van der Waals surface area (Å²) in [6, 6.07) is 2.55. The zero-order valence-corrected chi connectivity index (χ0v) is 11.8. The minimum absolute atomic E-state index is 0.423. The number of aromatic nitrogens is 2. The van der Waals surface area contributed by atoms with Crippen LogP contribution < -0.4 is 5.73 Å². The molecule has 0 saturated heterocycles. The molecule has 0 amide bonds. The van der Waals surface area contributed by atoms with Crippen molar-refractivity contribution >= 4 is 0 Å². The Labute approximate surface area is 111 Å². The van der Waals surface area contributed by atoms with Crippen molar-refractivity contribution in [3.8, 4) is 0 Å². The average Bonchev–Trinajstić information content (AvgIpc) is 2.76. The van der Waals surface area contributed by atoms with E-state index in [1.165, 1.54) is 44.2 Å². The fourth-order valence-corrected chi connectivity index (χ4v) is 3.37. The molecule has 0 bridgehead atoms. The molecule has 3 unspecified atom stereocenters. The summed E-state index contributed by atoms with van der Waals surface area (Å²) >= 11 is 0. The second-order valence-corrected chi connectivity index (χ2v) is 5.88. The second-order valence-electron chi connectivity index (χ2n) is 5.88.